The van der Waals surface area contributed by atoms with Crippen LogP contribution in [0.1, 0.15) is 10.4 Å². The summed E-state index contributed by atoms with van der Waals surface area (Å²) in [4.78, 5) is 11.6. The molecule has 0 aliphatic heterocycles. The van der Waals surface area contributed by atoms with Crippen molar-refractivity contribution in [3.05, 3.63) is 46.3 Å². The lowest BCUT2D eigenvalue weighted by molar-refractivity contribution is 0.0697. The average molecular weight is 307 g/mol. The summed E-state index contributed by atoms with van der Waals surface area (Å²) in [6, 6.07) is 9.79. The highest BCUT2D eigenvalue weighted by Crippen LogP contribution is 2.31. The molecular formula is C13H7ClN2O3S. The molecule has 2 heterocycles. The van der Waals surface area contributed by atoms with Crippen molar-refractivity contribution in [3.63, 3.8) is 0 Å². The number of carbonyl (C=O) groups is 1. The molecule has 0 atom stereocenters. The van der Waals surface area contributed by atoms with Crippen LogP contribution >= 0.6 is 22.9 Å². The van der Waals surface area contributed by atoms with Crippen LogP contribution in [-0.2, 0) is 0 Å². The Bertz CT molecular complexity index is 764. The van der Waals surface area contributed by atoms with Gasteiger partial charge in [0.25, 0.3) is 5.89 Å². The molecule has 3 rings (SSSR count). The van der Waals surface area contributed by atoms with Crippen LogP contribution in [0.25, 0.3) is 22.2 Å². The molecule has 1 aromatic carbocycles. The Morgan fingerprint density at radius 2 is 1.80 bits per heavy atom. The van der Waals surface area contributed by atoms with E-state index in [1.165, 1.54) is 23.5 Å². The van der Waals surface area contributed by atoms with Crippen LogP contribution in [0.3, 0.4) is 0 Å². The first-order valence-electron chi connectivity index (χ1n) is 5.56. The monoisotopic (exact) mass is 306 g/mol. The van der Waals surface area contributed by atoms with Gasteiger partial charge in [0.15, 0.2) is 0 Å². The highest BCUT2D eigenvalue weighted by Gasteiger charge is 2.12. The molecule has 0 saturated carbocycles. The number of aromatic nitrogens is 2. The van der Waals surface area contributed by atoms with Crippen molar-refractivity contribution in [2.45, 2.75) is 0 Å². The maximum Gasteiger partial charge on any atom is 0.335 e. The van der Waals surface area contributed by atoms with E-state index in [0.29, 0.717) is 21.7 Å². The van der Waals surface area contributed by atoms with Gasteiger partial charge in [0, 0.05) is 5.56 Å². The third kappa shape index (κ3) is 2.43. The minimum absolute atomic E-state index is 0.207. The molecule has 0 fully saturated rings. The lowest BCUT2D eigenvalue weighted by atomic mass is 10.1. The van der Waals surface area contributed by atoms with Crippen molar-refractivity contribution in [1.29, 1.82) is 0 Å². The smallest absolute Gasteiger partial charge is 0.335 e. The van der Waals surface area contributed by atoms with Crippen molar-refractivity contribution in [3.8, 4) is 22.2 Å². The first-order valence-corrected chi connectivity index (χ1v) is 6.76. The molecule has 7 heteroatoms. The quantitative estimate of drug-likeness (QED) is 0.796. The molecular weight excluding hydrogens is 300 g/mol. The number of hydrogen-bond donors (Lipinski definition) is 1. The van der Waals surface area contributed by atoms with E-state index in [2.05, 4.69) is 10.2 Å². The molecule has 0 amide bonds. The van der Waals surface area contributed by atoms with Gasteiger partial charge in [0.05, 0.1) is 14.8 Å². The van der Waals surface area contributed by atoms with Gasteiger partial charge >= 0.3 is 5.97 Å². The zero-order chi connectivity index (χ0) is 14.1. The molecule has 20 heavy (non-hydrogen) atoms. The first-order chi connectivity index (χ1) is 9.63. The highest BCUT2D eigenvalue weighted by atomic mass is 35.5. The van der Waals surface area contributed by atoms with E-state index in [-0.39, 0.29) is 5.56 Å². The predicted molar refractivity (Wildman–Crippen MR) is 75.0 cm³/mol. The number of rotatable bonds is 3. The van der Waals surface area contributed by atoms with Crippen molar-refractivity contribution >= 4 is 28.9 Å². The molecule has 0 saturated heterocycles. The summed E-state index contributed by atoms with van der Waals surface area (Å²) in [5.74, 6) is -0.253. The van der Waals surface area contributed by atoms with Crippen molar-refractivity contribution < 1.29 is 14.3 Å². The number of halogens is 1. The molecule has 3 aromatic rings. The van der Waals surface area contributed by atoms with Crippen LogP contribution in [0.4, 0.5) is 0 Å². The van der Waals surface area contributed by atoms with Crippen molar-refractivity contribution in [2.75, 3.05) is 0 Å². The molecule has 0 radical (unpaired) electrons. The van der Waals surface area contributed by atoms with Gasteiger partial charge in [-0.1, -0.05) is 11.6 Å². The van der Waals surface area contributed by atoms with Crippen LogP contribution in [0.15, 0.2) is 40.8 Å². The summed E-state index contributed by atoms with van der Waals surface area (Å²) >= 11 is 7.20. The molecule has 0 unspecified atom stereocenters. The molecule has 5 nitrogen and oxygen atoms in total. The summed E-state index contributed by atoms with van der Waals surface area (Å²) < 4.78 is 6.20. The minimum Gasteiger partial charge on any atom is -0.478 e. The zero-order valence-electron chi connectivity index (χ0n) is 9.91. The number of aromatic carboxylic acids is 1. The molecule has 2 aromatic heterocycles. The van der Waals surface area contributed by atoms with Crippen LogP contribution in [-0.4, -0.2) is 21.3 Å². The summed E-state index contributed by atoms with van der Waals surface area (Å²) in [7, 11) is 0. The number of benzene rings is 1. The van der Waals surface area contributed by atoms with E-state index >= 15 is 0 Å². The Morgan fingerprint density at radius 1 is 1.10 bits per heavy atom. The molecule has 0 bridgehead atoms. The Kier molecular flexibility index (Phi) is 3.25. The highest BCUT2D eigenvalue weighted by molar-refractivity contribution is 7.19. The van der Waals surface area contributed by atoms with Crippen LogP contribution < -0.4 is 0 Å². The Morgan fingerprint density at radius 3 is 2.40 bits per heavy atom. The standard InChI is InChI=1S/C13H7ClN2O3S/c14-10-6-5-9(20-10)12-16-15-11(19-12)7-1-3-8(4-2-7)13(17)18/h1-6H,(H,17,18). The molecule has 0 aliphatic carbocycles. The predicted octanol–water partition coefficient (Wildman–Crippen LogP) is 3.82. The molecule has 1 N–H and O–H groups in total. The second-order valence-corrected chi connectivity index (χ2v) is 5.61. The fourth-order valence-corrected chi connectivity index (χ4v) is 2.59. The SMILES string of the molecule is O=C(O)c1ccc(-c2nnc(-c3ccc(Cl)s3)o2)cc1. The maximum absolute atomic E-state index is 10.8. The number of thiophene rings is 1. The summed E-state index contributed by atoms with van der Waals surface area (Å²) in [6.45, 7) is 0. The van der Waals surface area contributed by atoms with Crippen LogP contribution in [0, 0.1) is 0 Å². The molecule has 100 valence electrons. The topological polar surface area (TPSA) is 76.2 Å². The normalized spacial score (nSPS) is 10.7. The average Bonchev–Trinajstić information content (AvgIpc) is 3.07. The lowest BCUT2D eigenvalue weighted by Crippen LogP contribution is -1.94. The maximum atomic E-state index is 10.8. The number of carboxylic acid groups (broad SMARTS) is 1. The van der Waals surface area contributed by atoms with Gasteiger partial charge in [0.2, 0.25) is 5.89 Å². The number of nitrogens with zero attached hydrogens (tertiary/aromatic N) is 2. The largest absolute Gasteiger partial charge is 0.478 e. The van der Waals surface area contributed by atoms with Gasteiger partial charge < -0.3 is 9.52 Å². The fraction of sp³-hybridized carbons (Fsp3) is 0. The second kappa shape index (κ2) is 5.07. The Hall–Kier alpha value is -2.18. The van der Waals surface area contributed by atoms with Crippen LogP contribution in [0.5, 0.6) is 0 Å². The first kappa shape index (κ1) is 12.8. The summed E-state index contributed by atoms with van der Waals surface area (Å²) in [6.07, 6.45) is 0. The van der Waals surface area contributed by atoms with Crippen molar-refractivity contribution in [2.24, 2.45) is 0 Å². The van der Waals surface area contributed by atoms with E-state index in [0.717, 1.165) is 4.88 Å². The number of carboxylic acids is 1. The Labute approximate surface area is 122 Å². The van der Waals surface area contributed by atoms with E-state index in [1.807, 2.05) is 0 Å². The zero-order valence-corrected chi connectivity index (χ0v) is 11.5. The number of hydrogen-bond acceptors (Lipinski definition) is 5. The Balaban J connectivity index is 1.91. The van der Waals surface area contributed by atoms with Crippen LogP contribution in [0.2, 0.25) is 4.34 Å². The van der Waals surface area contributed by atoms with E-state index in [9.17, 15) is 4.79 Å². The van der Waals surface area contributed by atoms with Gasteiger partial charge in [-0.2, -0.15) is 0 Å². The third-order valence-electron chi connectivity index (χ3n) is 2.59. The summed E-state index contributed by atoms with van der Waals surface area (Å²) in [5.41, 5.74) is 0.870. The molecule has 0 aliphatic rings. The van der Waals surface area contributed by atoms with E-state index < -0.39 is 5.97 Å². The van der Waals surface area contributed by atoms with Crippen molar-refractivity contribution in [1.82, 2.24) is 10.2 Å². The van der Waals surface area contributed by atoms with Gasteiger partial charge in [-0.25, -0.2) is 4.79 Å². The lowest BCUT2D eigenvalue weighted by Gasteiger charge is -1.96. The molecule has 0 spiro atoms. The summed E-state index contributed by atoms with van der Waals surface area (Å²) in [5, 5.41) is 16.7. The van der Waals surface area contributed by atoms with Gasteiger partial charge in [0.1, 0.15) is 0 Å². The third-order valence-corrected chi connectivity index (χ3v) is 3.81. The van der Waals surface area contributed by atoms with E-state index in [4.69, 9.17) is 21.1 Å². The van der Waals surface area contributed by atoms with Gasteiger partial charge in [-0.05, 0) is 36.4 Å². The fourth-order valence-electron chi connectivity index (χ4n) is 1.62. The second-order valence-electron chi connectivity index (χ2n) is 3.90. The van der Waals surface area contributed by atoms with E-state index in [1.54, 1.807) is 24.3 Å². The van der Waals surface area contributed by atoms with Gasteiger partial charge in [-0.15, -0.1) is 21.5 Å². The van der Waals surface area contributed by atoms with Gasteiger partial charge in [-0.3, -0.25) is 0 Å². The minimum atomic E-state index is -0.976.